The van der Waals surface area contributed by atoms with Crippen LogP contribution in [-0.4, -0.2) is 48.5 Å². The van der Waals surface area contributed by atoms with Gasteiger partial charge in [0.1, 0.15) is 0 Å². The molecule has 0 bridgehead atoms. The van der Waals surface area contributed by atoms with Crippen molar-refractivity contribution in [3.8, 4) is 0 Å². The first-order valence-corrected chi connectivity index (χ1v) is 13.0. The molecule has 0 saturated heterocycles. The highest BCUT2D eigenvalue weighted by Crippen LogP contribution is 2.34. The smallest absolute Gasteiger partial charge is 0.261 e. The quantitative estimate of drug-likeness (QED) is 0.595. The van der Waals surface area contributed by atoms with Crippen LogP contribution >= 0.6 is 0 Å². The van der Waals surface area contributed by atoms with Crippen LogP contribution in [0, 0.1) is 0 Å². The Bertz CT molecular complexity index is 1210. The number of fused-ring (bicyclic) bond motifs is 1. The highest BCUT2D eigenvalue weighted by Gasteiger charge is 2.30. The van der Waals surface area contributed by atoms with Gasteiger partial charge in [0, 0.05) is 37.5 Å². The second-order valence-electron chi connectivity index (χ2n) is 7.84. The molecule has 2 aromatic rings. The molecule has 9 nitrogen and oxygen atoms in total. The third kappa shape index (κ3) is 5.12. The topological polar surface area (TPSA) is 122 Å². The predicted octanol–water partition coefficient (Wildman–Crippen LogP) is 2.10. The normalized spacial score (nSPS) is 17.1. The number of anilines is 2. The molecule has 0 fully saturated rings. The fourth-order valence-electron chi connectivity index (χ4n) is 3.79. The third-order valence-corrected chi connectivity index (χ3v) is 8.09. The van der Waals surface area contributed by atoms with Crippen LogP contribution in [-0.2, 0) is 36.0 Å². The van der Waals surface area contributed by atoms with E-state index in [0.717, 1.165) is 5.56 Å². The predicted molar refractivity (Wildman–Crippen MR) is 122 cm³/mol. The van der Waals surface area contributed by atoms with Gasteiger partial charge in [0.05, 0.1) is 16.4 Å². The first-order chi connectivity index (χ1) is 14.9. The maximum Gasteiger partial charge on any atom is 0.261 e. The summed E-state index contributed by atoms with van der Waals surface area (Å²) in [5.74, 6) is -0.0915. The van der Waals surface area contributed by atoms with Gasteiger partial charge in [-0.1, -0.05) is 0 Å². The summed E-state index contributed by atoms with van der Waals surface area (Å²) in [5.41, 5.74) is 1.73. The lowest BCUT2D eigenvalue weighted by molar-refractivity contribution is -0.116. The number of carbonyl (C=O) groups is 1. The highest BCUT2D eigenvalue weighted by molar-refractivity contribution is 7.92. The van der Waals surface area contributed by atoms with Crippen molar-refractivity contribution in [2.24, 2.45) is 0 Å². The Morgan fingerprint density at radius 3 is 2.31 bits per heavy atom. The van der Waals surface area contributed by atoms with Crippen molar-refractivity contribution in [2.75, 3.05) is 23.3 Å². The molecule has 1 aliphatic heterocycles. The van der Waals surface area contributed by atoms with Crippen LogP contribution in [0.25, 0.3) is 0 Å². The van der Waals surface area contributed by atoms with E-state index in [9.17, 15) is 21.6 Å². The minimum atomic E-state index is -3.90. The van der Waals surface area contributed by atoms with Crippen LogP contribution in [0.5, 0.6) is 0 Å². The summed E-state index contributed by atoms with van der Waals surface area (Å²) in [6.07, 6.45) is 0.569. The number of nitrogens with zero attached hydrogens (tertiary/aromatic N) is 1. The van der Waals surface area contributed by atoms with Gasteiger partial charge in [0.15, 0.2) is 0 Å². The molecule has 1 aliphatic rings. The van der Waals surface area contributed by atoms with Crippen molar-refractivity contribution in [3.05, 3.63) is 48.0 Å². The standard InChI is InChI=1S/C21H27N3O6S2/c1-14(13-30-4)22-31(26,27)19-7-5-18(6-8-19)23-32(28,29)20-9-10-21-17(12-20)11-15(2)24(21)16(3)25/h5-10,12,14-15,22-23H,11,13H2,1-4H3. The summed E-state index contributed by atoms with van der Waals surface area (Å²) in [6.45, 7) is 5.29. The average Bonchev–Trinajstić information content (AvgIpc) is 3.03. The van der Waals surface area contributed by atoms with Crippen molar-refractivity contribution in [2.45, 2.75) is 49.1 Å². The molecular weight excluding hydrogens is 454 g/mol. The number of methoxy groups -OCH3 is 1. The van der Waals surface area contributed by atoms with E-state index in [1.54, 1.807) is 24.0 Å². The Morgan fingerprint density at radius 2 is 1.72 bits per heavy atom. The average molecular weight is 482 g/mol. The summed E-state index contributed by atoms with van der Waals surface area (Å²) in [7, 11) is -6.18. The van der Waals surface area contributed by atoms with Crippen LogP contribution in [0.4, 0.5) is 11.4 Å². The second-order valence-corrected chi connectivity index (χ2v) is 11.2. The van der Waals surface area contributed by atoms with Gasteiger partial charge in [-0.25, -0.2) is 21.6 Å². The fraction of sp³-hybridized carbons (Fsp3) is 0.381. The number of amides is 1. The van der Waals surface area contributed by atoms with Crippen LogP contribution in [0.3, 0.4) is 0 Å². The van der Waals surface area contributed by atoms with Gasteiger partial charge in [-0.05, 0) is 68.3 Å². The largest absolute Gasteiger partial charge is 0.383 e. The van der Waals surface area contributed by atoms with Gasteiger partial charge in [-0.2, -0.15) is 0 Å². The van der Waals surface area contributed by atoms with E-state index in [0.29, 0.717) is 12.1 Å². The van der Waals surface area contributed by atoms with Gasteiger partial charge in [0.25, 0.3) is 10.0 Å². The Balaban J connectivity index is 1.78. The molecule has 0 aromatic heterocycles. The molecule has 1 heterocycles. The van der Waals surface area contributed by atoms with Gasteiger partial charge in [0.2, 0.25) is 15.9 Å². The number of ether oxygens (including phenoxy) is 1. The molecular formula is C21H27N3O6S2. The zero-order chi connectivity index (χ0) is 23.7. The van der Waals surface area contributed by atoms with Crippen molar-refractivity contribution in [3.63, 3.8) is 0 Å². The highest BCUT2D eigenvalue weighted by atomic mass is 32.2. The minimum Gasteiger partial charge on any atom is -0.383 e. The molecule has 2 N–H and O–H groups in total. The molecule has 1 amide bonds. The van der Waals surface area contributed by atoms with E-state index in [2.05, 4.69) is 9.44 Å². The van der Waals surface area contributed by atoms with Crippen molar-refractivity contribution < 1.29 is 26.4 Å². The number of rotatable bonds is 8. The third-order valence-electron chi connectivity index (χ3n) is 5.11. The number of carbonyl (C=O) groups excluding carboxylic acids is 1. The van der Waals surface area contributed by atoms with Gasteiger partial charge in [-0.3, -0.25) is 9.52 Å². The first-order valence-electron chi connectivity index (χ1n) is 10.0. The van der Waals surface area contributed by atoms with E-state index in [1.807, 2.05) is 6.92 Å². The lowest BCUT2D eigenvalue weighted by Crippen LogP contribution is -2.35. The second kappa shape index (κ2) is 9.18. The van der Waals surface area contributed by atoms with Crippen molar-refractivity contribution in [1.29, 1.82) is 0 Å². The zero-order valence-corrected chi connectivity index (χ0v) is 20.0. The van der Waals surface area contributed by atoms with Crippen LogP contribution in [0.2, 0.25) is 0 Å². The molecule has 0 aliphatic carbocycles. The molecule has 2 atom stereocenters. The molecule has 174 valence electrons. The first kappa shape index (κ1) is 24.2. The number of hydrogen-bond acceptors (Lipinski definition) is 6. The van der Waals surface area contributed by atoms with E-state index in [1.165, 1.54) is 44.4 Å². The maximum atomic E-state index is 12.9. The van der Waals surface area contributed by atoms with Crippen molar-refractivity contribution >= 4 is 37.3 Å². The van der Waals surface area contributed by atoms with Gasteiger partial charge in [-0.15, -0.1) is 0 Å². The van der Waals surface area contributed by atoms with E-state index in [-0.39, 0.29) is 34.0 Å². The van der Waals surface area contributed by atoms with E-state index < -0.39 is 26.1 Å². The lowest BCUT2D eigenvalue weighted by Gasteiger charge is -2.20. The van der Waals surface area contributed by atoms with E-state index in [4.69, 9.17) is 4.74 Å². The molecule has 32 heavy (non-hydrogen) atoms. The zero-order valence-electron chi connectivity index (χ0n) is 18.3. The van der Waals surface area contributed by atoms with Gasteiger partial charge >= 0.3 is 0 Å². The lowest BCUT2D eigenvalue weighted by atomic mass is 10.1. The summed E-state index contributed by atoms with van der Waals surface area (Å²) in [6, 6.07) is 9.64. The number of sulfonamides is 2. The van der Waals surface area contributed by atoms with E-state index >= 15 is 0 Å². The minimum absolute atomic E-state index is 0.0132. The molecule has 2 aromatic carbocycles. The van der Waals surface area contributed by atoms with Crippen molar-refractivity contribution in [1.82, 2.24) is 4.72 Å². The molecule has 0 spiro atoms. The SMILES string of the molecule is COCC(C)NS(=O)(=O)c1ccc(NS(=O)(=O)c2ccc3c(c2)CC(C)N3C(C)=O)cc1. The van der Waals surface area contributed by atoms with Crippen LogP contribution < -0.4 is 14.3 Å². The Kier molecular flexibility index (Phi) is 6.94. The monoisotopic (exact) mass is 481 g/mol. The number of benzene rings is 2. The Hall–Kier alpha value is -2.47. The summed E-state index contributed by atoms with van der Waals surface area (Å²) in [4.78, 5) is 13.6. The van der Waals surface area contributed by atoms with Crippen LogP contribution in [0.15, 0.2) is 52.3 Å². The molecule has 3 rings (SSSR count). The molecule has 11 heteroatoms. The molecule has 0 radical (unpaired) electrons. The molecule has 0 saturated carbocycles. The fourth-order valence-corrected chi connectivity index (χ4v) is 6.12. The molecule has 2 unspecified atom stereocenters. The summed E-state index contributed by atoms with van der Waals surface area (Å²) >= 11 is 0. The summed E-state index contributed by atoms with van der Waals surface area (Å²) in [5, 5.41) is 0. The Labute approximate surface area is 188 Å². The number of nitrogens with one attached hydrogen (secondary N) is 2. The maximum absolute atomic E-state index is 12.9. The number of hydrogen-bond donors (Lipinski definition) is 2. The summed E-state index contributed by atoms with van der Waals surface area (Å²) < 4.78 is 60.4. The van der Waals surface area contributed by atoms with Gasteiger partial charge < -0.3 is 9.64 Å². The Morgan fingerprint density at radius 1 is 1.09 bits per heavy atom. The van der Waals surface area contributed by atoms with Crippen LogP contribution in [0.1, 0.15) is 26.3 Å².